The van der Waals surface area contributed by atoms with Crippen molar-refractivity contribution in [3.05, 3.63) is 34.6 Å². The van der Waals surface area contributed by atoms with Gasteiger partial charge in [-0.1, -0.05) is 6.92 Å². The first-order valence-electron chi connectivity index (χ1n) is 5.98. The average Bonchev–Trinajstić information content (AvgIpc) is 2.78. The lowest BCUT2D eigenvalue weighted by atomic mass is 10.3. The third-order valence-corrected chi connectivity index (χ3v) is 2.67. The third-order valence-electron chi connectivity index (χ3n) is 2.67. The summed E-state index contributed by atoms with van der Waals surface area (Å²) in [7, 11) is 1.86. The molecule has 0 amide bonds. The van der Waals surface area contributed by atoms with Crippen LogP contribution in [0, 0.1) is 0 Å². The van der Waals surface area contributed by atoms with Crippen LogP contribution < -0.4 is 10.9 Å². The molecule has 2 aromatic rings. The predicted octanol–water partition coefficient (Wildman–Crippen LogP) is 0.670. The molecule has 0 bridgehead atoms. The van der Waals surface area contributed by atoms with E-state index in [9.17, 15) is 4.79 Å². The van der Waals surface area contributed by atoms with Gasteiger partial charge in [0.25, 0.3) is 5.56 Å². The quantitative estimate of drug-likeness (QED) is 0.761. The Morgan fingerprint density at radius 1 is 1.44 bits per heavy atom. The molecule has 2 N–H and O–H groups in total. The second-order valence-electron chi connectivity index (χ2n) is 4.15. The van der Waals surface area contributed by atoms with E-state index in [1.54, 1.807) is 18.7 Å². The molecule has 0 saturated carbocycles. The molecule has 2 heterocycles. The molecule has 0 aliphatic rings. The number of imidazole rings is 1. The number of hydrogen-bond donors (Lipinski definition) is 2. The zero-order valence-corrected chi connectivity index (χ0v) is 10.6. The fourth-order valence-corrected chi connectivity index (χ4v) is 1.66. The lowest BCUT2D eigenvalue weighted by Crippen LogP contribution is -2.22. The maximum Gasteiger partial charge on any atom is 0.255 e. The third kappa shape index (κ3) is 2.65. The summed E-state index contributed by atoms with van der Waals surface area (Å²) in [4.78, 5) is 22.9. The van der Waals surface area contributed by atoms with Crippen molar-refractivity contribution in [2.45, 2.75) is 19.9 Å². The van der Waals surface area contributed by atoms with Crippen LogP contribution in [0.1, 0.15) is 18.9 Å². The van der Waals surface area contributed by atoms with Crippen LogP contribution >= 0.6 is 0 Å². The number of aromatic nitrogens is 4. The van der Waals surface area contributed by atoms with Crippen molar-refractivity contribution in [2.24, 2.45) is 7.05 Å². The topological polar surface area (TPSA) is 75.6 Å². The number of nitrogens with zero attached hydrogens (tertiary/aromatic N) is 3. The molecule has 0 saturated heterocycles. The van der Waals surface area contributed by atoms with Crippen LogP contribution in [0.3, 0.4) is 0 Å². The number of H-pyrrole nitrogens is 1. The Morgan fingerprint density at radius 3 is 2.89 bits per heavy atom. The molecule has 6 nitrogen and oxygen atoms in total. The smallest absolute Gasteiger partial charge is 0.255 e. The van der Waals surface area contributed by atoms with Crippen molar-refractivity contribution in [1.29, 1.82) is 0 Å². The van der Waals surface area contributed by atoms with Gasteiger partial charge in [0.1, 0.15) is 5.69 Å². The Labute approximate surface area is 105 Å². The van der Waals surface area contributed by atoms with E-state index in [2.05, 4.69) is 27.2 Å². The van der Waals surface area contributed by atoms with E-state index in [-0.39, 0.29) is 5.56 Å². The van der Waals surface area contributed by atoms with Crippen LogP contribution in [0.25, 0.3) is 11.5 Å². The standard InChI is InChI=1S/C12H17N5O/c1-3-4-13-5-9-6-15-11(16-12(9)18)10-7-14-8-17(10)2/h6-8,13H,3-5H2,1-2H3,(H,15,16,18). The number of rotatable bonds is 5. The van der Waals surface area contributed by atoms with Gasteiger partial charge in [-0.25, -0.2) is 9.97 Å². The summed E-state index contributed by atoms with van der Waals surface area (Å²) < 4.78 is 1.81. The summed E-state index contributed by atoms with van der Waals surface area (Å²) in [5.74, 6) is 0.541. The van der Waals surface area contributed by atoms with Gasteiger partial charge >= 0.3 is 0 Å². The number of nitrogens with one attached hydrogen (secondary N) is 2. The minimum atomic E-state index is -0.107. The molecule has 0 aliphatic carbocycles. The van der Waals surface area contributed by atoms with Gasteiger partial charge in [0.05, 0.1) is 12.5 Å². The van der Waals surface area contributed by atoms with E-state index < -0.39 is 0 Å². The second kappa shape index (κ2) is 5.59. The Morgan fingerprint density at radius 2 is 2.28 bits per heavy atom. The van der Waals surface area contributed by atoms with Crippen LogP contribution in [0.4, 0.5) is 0 Å². The first-order valence-corrected chi connectivity index (χ1v) is 5.98. The largest absolute Gasteiger partial charge is 0.331 e. The molecule has 2 rings (SSSR count). The van der Waals surface area contributed by atoms with Crippen LogP contribution in [-0.2, 0) is 13.6 Å². The Kier molecular flexibility index (Phi) is 3.88. The summed E-state index contributed by atoms with van der Waals surface area (Å²) in [5.41, 5.74) is 1.33. The van der Waals surface area contributed by atoms with Crippen LogP contribution in [0.2, 0.25) is 0 Å². The predicted molar refractivity (Wildman–Crippen MR) is 69.1 cm³/mol. The molecule has 0 spiro atoms. The van der Waals surface area contributed by atoms with E-state index in [1.807, 2.05) is 11.6 Å². The fourth-order valence-electron chi connectivity index (χ4n) is 1.66. The highest BCUT2D eigenvalue weighted by molar-refractivity contribution is 5.47. The number of aromatic amines is 1. The van der Waals surface area contributed by atoms with Crippen molar-refractivity contribution in [3.63, 3.8) is 0 Å². The van der Waals surface area contributed by atoms with Crippen molar-refractivity contribution < 1.29 is 0 Å². The molecule has 0 unspecified atom stereocenters. The molecule has 2 aromatic heterocycles. The summed E-state index contributed by atoms with van der Waals surface area (Å²) in [6, 6.07) is 0. The summed E-state index contributed by atoms with van der Waals surface area (Å²) >= 11 is 0. The summed E-state index contributed by atoms with van der Waals surface area (Å²) in [5, 5.41) is 3.18. The molecule has 0 atom stereocenters. The van der Waals surface area contributed by atoms with Crippen LogP contribution in [-0.4, -0.2) is 26.1 Å². The molecule has 96 valence electrons. The van der Waals surface area contributed by atoms with E-state index >= 15 is 0 Å². The lowest BCUT2D eigenvalue weighted by molar-refractivity contribution is 0.668. The molecule has 0 aliphatic heterocycles. The first-order chi connectivity index (χ1) is 8.72. The second-order valence-corrected chi connectivity index (χ2v) is 4.15. The minimum Gasteiger partial charge on any atom is -0.331 e. The minimum absolute atomic E-state index is 0.107. The lowest BCUT2D eigenvalue weighted by Gasteiger charge is -2.04. The van der Waals surface area contributed by atoms with E-state index in [0.29, 0.717) is 17.9 Å². The maximum absolute atomic E-state index is 11.9. The van der Waals surface area contributed by atoms with E-state index in [4.69, 9.17) is 0 Å². The van der Waals surface area contributed by atoms with Gasteiger partial charge in [0.2, 0.25) is 0 Å². The zero-order chi connectivity index (χ0) is 13.0. The Bertz CT molecular complexity index is 572. The highest BCUT2D eigenvalue weighted by Crippen LogP contribution is 2.10. The van der Waals surface area contributed by atoms with E-state index in [1.165, 1.54) is 0 Å². The Balaban J connectivity index is 2.20. The molecule has 0 fully saturated rings. The van der Waals surface area contributed by atoms with Crippen molar-refractivity contribution >= 4 is 0 Å². The fraction of sp³-hybridized carbons (Fsp3) is 0.417. The van der Waals surface area contributed by atoms with Crippen molar-refractivity contribution in [3.8, 4) is 11.5 Å². The van der Waals surface area contributed by atoms with Crippen molar-refractivity contribution in [1.82, 2.24) is 24.8 Å². The van der Waals surface area contributed by atoms with Gasteiger partial charge in [-0.3, -0.25) is 4.79 Å². The molecule has 6 heteroatoms. The SMILES string of the molecule is CCCNCc1cnc(-c2cncn2C)[nH]c1=O. The van der Waals surface area contributed by atoms with Gasteiger partial charge < -0.3 is 14.9 Å². The normalized spacial score (nSPS) is 10.8. The van der Waals surface area contributed by atoms with Gasteiger partial charge in [0, 0.05) is 25.4 Å². The van der Waals surface area contributed by atoms with Crippen molar-refractivity contribution in [2.75, 3.05) is 6.54 Å². The highest BCUT2D eigenvalue weighted by atomic mass is 16.1. The summed E-state index contributed by atoms with van der Waals surface area (Å²) in [6.45, 7) is 3.52. The van der Waals surface area contributed by atoms with Gasteiger partial charge in [-0.05, 0) is 13.0 Å². The van der Waals surface area contributed by atoms with Gasteiger partial charge in [-0.2, -0.15) is 0 Å². The average molecular weight is 247 g/mol. The van der Waals surface area contributed by atoms with Crippen LogP contribution in [0.5, 0.6) is 0 Å². The molecule has 0 aromatic carbocycles. The number of aryl methyl sites for hydroxylation is 1. The molecule has 0 radical (unpaired) electrons. The highest BCUT2D eigenvalue weighted by Gasteiger charge is 2.07. The molecular weight excluding hydrogens is 230 g/mol. The Hall–Kier alpha value is -1.95. The molecular formula is C12H17N5O. The van der Waals surface area contributed by atoms with Crippen LogP contribution in [0.15, 0.2) is 23.5 Å². The maximum atomic E-state index is 11.9. The van der Waals surface area contributed by atoms with Gasteiger partial charge in [-0.15, -0.1) is 0 Å². The van der Waals surface area contributed by atoms with E-state index in [0.717, 1.165) is 18.7 Å². The monoisotopic (exact) mass is 247 g/mol. The number of hydrogen-bond acceptors (Lipinski definition) is 4. The first kappa shape index (κ1) is 12.5. The summed E-state index contributed by atoms with van der Waals surface area (Å²) in [6.07, 6.45) is 6.00. The molecule has 18 heavy (non-hydrogen) atoms. The van der Waals surface area contributed by atoms with Gasteiger partial charge in [0.15, 0.2) is 5.82 Å². The zero-order valence-electron chi connectivity index (χ0n) is 10.6.